The van der Waals surface area contributed by atoms with Gasteiger partial charge >= 0.3 is 0 Å². The van der Waals surface area contributed by atoms with Crippen LogP contribution in [0.4, 0.5) is 11.8 Å². The number of hydrazine groups is 1. The Morgan fingerprint density at radius 1 is 1.39 bits per heavy atom. The number of nitrogens with two attached hydrogens (primary N) is 1. The monoisotopic (exact) mass is 265 g/mol. The van der Waals surface area contributed by atoms with E-state index in [-0.39, 0.29) is 5.41 Å². The first-order chi connectivity index (χ1) is 8.40. The quantitative estimate of drug-likeness (QED) is 0.659. The predicted octanol–water partition coefficient (Wildman–Crippen LogP) is 2.46. The van der Waals surface area contributed by atoms with Crippen LogP contribution in [0.25, 0.3) is 10.2 Å². The zero-order valence-corrected chi connectivity index (χ0v) is 12.0. The van der Waals surface area contributed by atoms with Crippen LogP contribution in [0.3, 0.4) is 0 Å². The molecule has 0 saturated heterocycles. The summed E-state index contributed by atoms with van der Waals surface area (Å²) >= 11 is 1.59. The van der Waals surface area contributed by atoms with Crippen molar-refractivity contribution in [2.24, 2.45) is 11.3 Å². The number of hydrogen-bond acceptors (Lipinski definition) is 6. The highest BCUT2D eigenvalue weighted by molar-refractivity contribution is 7.16. The zero-order valence-electron chi connectivity index (χ0n) is 11.2. The molecule has 2 aromatic heterocycles. The molecule has 0 fully saturated rings. The van der Waals surface area contributed by atoms with Crippen molar-refractivity contribution in [3.8, 4) is 0 Å². The maximum Gasteiger partial charge on any atom is 0.240 e. The molecule has 0 amide bonds. The first kappa shape index (κ1) is 13.0. The van der Waals surface area contributed by atoms with Gasteiger partial charge in [0.05, 0.1) is 5.39 Å². The van der Waals surface area contributed by atoms with Gasteiger partial charge in [0, 0.05) is 13.6 Å². The van der Waals surface area contributed by atoms with Crippen LogP contribution in [0.2, 0.25) is 0 Å². The fraction of sp³-hybridized carbons (Fsp3) is 0.500. The number of thiophene rings is 1. The summed E-state index contributed by atoms with van der Waals surface area (Å²) in [6.45, 7) is 7.53. The van der Waals surface area contributed by atoms with Crippen molar-refractivity contribution >= 4 is 33.3 Å². The Morgan fingerprint density at radius 3 is 2.72 bits per heavy atom. The van der Waals surface area contributed by atoms with Crippen LogP contribution in [-0.4, -0.2) is 23.6 Å². The van der Waals surface area contributed by atoms with E-state index in [2.05, 4.69) is 47.1 Å². The number of nitrogen functional groups attached to an aromatic ring is 1. The van der Waals surface area contributed by atoms with Gasteiger partial charge in [-0.25, -0.2) is 10.8 Å². The van der Waals surface area contributed by atoms with E-state index in [1.807, 2.05) is 12.4 Å². The fourth-order valence-corrected chi connectivity index (χ4v) is 2.74. The average molecular weight is 265 g/mol. The van der Waals surface area contributed by atoms with Gasteiger partial charge in [-0.3, -0.25) is 5.43 Å². The number of nitrogens with zero attached hydrogens (tertiary/aromatic N) is 3. The van der Waals surface area contributed by atoms with Crippen molar-refractivity contribution in [3.63, 3.8) is 0 Å². The van der Waals surface area contributed by atoms with E-state index >= 15 is 0 Å². The van der Waals surface area contributed by atoms with Crippen molar-refractivity contribution in [2.75, 3.05) is 23.9 Å². The van der Waals surface area contributed by atoms with Crippen molar-refractivity contribution in [2.45, 2.75) is 20.8 Å². The largest absolute Gasteiger partial charge is 0.358 e. The number of hydrogen-bond donors (Lipinski definition) is 2. The molecule has 0 saturated carbocycles. The second-order valence-corrected chi connectivity index (χ2v) is 6.47. The van der Waals surface area contributed by atoms with Crippen LogP contribution in [0.5, 0.6) is 0 Å². The molecule has 0 aliphatic heterocycles. The highest BCUT2D eigenvalue weighted by Gasteiger charge is 2.18. The van der Waals surface area contributed by atoms with Crippen molar-refractivity contribution in [1.82, 2.24) is 9.97 Å². The number of anilines is 2. The number of nitrogens with one attached hydrogen (secondary N) is 1. The molecular formula is C12H19N5S. The molecule has 18 heavy (non-hydrogen) atoms. The molecule has 0 spiro atoms. The first-order valence-electron chi connectivity index (χ1n) is 5.84. The summed E-state index contributed by atoms with van der Waals surface area (Å²) in [5, 5.41) is 3.10. The number of aromatic nitrogens is 2. The summed E-state index contributed by atoms with van der Waals surface area (Å²) in [7, 11) is 2.05. The molecule has 0 radical (unpaired) electrons. The summed E-state index contributed by atoms with van der Waals surface area (Å²) in [4.78, 5) is 11.9. The Kier molecular flexibility index (Phi) is 3.41. The molecule has 98 valence electrons. The topological polar surface area (TPSA) is 67.1 Å². The molecule has 0 bridgehead atoms. The molecule has 0 aliphatic carbocycles. The lowest BCUT2D eigenvalue weighted by atomic mass is 9.96. The Labute approximate surface area is 111 Å². The minimum absolute atomic E-state index is 0.207. The van der Waals surface area contributed by atoms with Gasteiger partial charge in [-0.15, -0.1) is 11.3 Å². The van der Waals surface area contributed by atoms with Crippen LogP contribution in [0.1, 0.15) is 20.8 Å². The minimum Gasteiger partial charge on any atom is -0.358 e. The third-order valence-electron chi connectivity index (χ3n) is 2.51. The van der Waals surface area contributed by atoms with Crippen LogP contribution in [-0.2, 0) is 0 Å². The van der Waals surface area contributed by atoms with Gasteiger partial charge in [0.1, 0.15) is 10.6 Å². The van der Waals surface area contributed by atoms with Crippen LogP contribution in [0, 0.1) is 5.41 Å². The molecule has 5 nitrogen and oxygen atoms in total. The SMILES string of the molecule is CN(CC(C)(C)C)c1nc(NN)nc2sccc12. The zero-order chi connectivity index (χ0) is 13.3. The molecule has 2 rings (SSSR count). The highest BCUT2D eigenvalue weighted by Crippen LogP contribution is 2.29. The summed E-state index contributed by atoms with van der Waals surface area (Å²) in [5.41, 5.74) is 2.73. The van der Waals surface area contributed by atoms with E-state index in [4.69, 9.17) is 5.84 Å². The van der Waals surface area contributed by atoms with Gasteiger partial charge in [-0.05, 0) is 16.9 Å². The molecular weight excluding hydrogens is 246 g/mol. The predicted molar refractivity (Wildman–Crippen MR) is 78.0 cm³/mol. The molecule has 0 aromatic carbocycles. The lowest BCUT2D eigenvalue weighted by molar-refractivity contribution is 0.418. The van der Waals surface area contributed by atoms with E-state index in [1.54, 1.807) is 11.3 Å². The van der Waals surface area contributed by atoms with E-state index < -0.39 is 0 Å². The Bertz CT molecular complexity index is 543. The molecule has 2 aromatic rings. The normalized spacial score (nSPS) is 11.8. The number of rotatable bonds is 3. The van der Waals surface area contributed by atoms with Gasteiger partial charge in [0.15, 0.2) is 0 Å². The standard InChI is InChI=1S/C12H19N5S/c1-12(2,3)7-17(4)9-8-5-6-18-10(8)15-11(14-9)16-13/h5-6H,7,13H2,1-4H3,(H,14,15,16). The Hall–Kier alpha value is -1.40. The van der Waals surface area contributed by atoms with Crippen LogP contribution in [0.15, 0.2) is 11.4 Å². The highest BCUT2D eigenvalue weighted by atomic mass is 32.1. The van der Waals surface area contributed by atoms with Gasteiger partial charge in [-0.2, -0.15) is 4.98 Å². The molecule has 2 heterocycles. The molecule has 0 unspecified atom stereocenters. The molecule has 6 heteroatoms. The van der Waals surface area contributed by atoms with E-state index in [1.165, 1.54) is 0 Å². The Morgan fingerprint density at radius 2 is 2.11 bits per heavy atom. The summed E-state index contributed by atoms with van der Waals surface area (Å²) in [6, 6.07) is 2.05. The van der Waals surface area contributed by atoms with E-state index in [0.717, 1.165) is 22.6 Å². The van der Waals surface area contributed by atoms with Gasteiger partial charge in [-0.1, -0.05) is 20.8 Å². The lowest BCUT2D eigenvalue weighted by Gasteiger charge is -2.28. The maximum absolute atomic E-state index is 5.42. The lowest BCUT2D eigenvalue weighted by Crippen LogP contribution is -2.30. The van der Waals surface area contributed by atoms with Crippen molar-refractivity contribution in [3.05, 3.63) is 11.4 Å². The summed E-state index contributed by atoms with van der Waals surface area (Å²) in [5.74, 6) is 6.80. The molecule has 0 atom stereocenters. The van der Waals surface area contributed by atoms with Crippen LogP contribution < -0.4 is 16.2 Å². The van der Waals surface area contributed by atoms with E-state index in [9.17, 15) is 0 Å². The third kappa shape index (κ3) is 2.70. The molecule has 3 N–H and O–H groups in total. The summed E-state index contributed by atoms with van der Waals surface area (Å²) in [6.07, 6.45) is 0. The van der Waals surface area contributed by atoms with Crippen molar-refractivity contribution in [1.29, 1.82) is 0 Å². The average Bonchev–Trinajstić information content (AvgIpc) is 2.72. The summed E-state index contributed by atoms with van der Waals surface area (Å²) < 4.78 is 0. The molecule has 0 aliphatic rings. The van der Waals surface area contributed by atoms with Crippen LogP contribution >= 0.6 is 11.3 Å². The van der Waals surface area contributed by atoms with Crippen molar-refractivity contribution < 1.29 is 0 Å². The second-order valence-electron chi connectivity index (χ2n) is 5.57. The van der Waals surface area contributed by atoms with Gasteiger partial charge in [0.2, 0.25) is 5.95 Å². The number of fused-ring (bicyclic) bond motifs is 1. The third-order valence-corrected chi connectivity index (χ3v) is 3.31. The maximum atomic E-state index is 5.42. The van der Waals surface area contributed by atoms with Gasteiger partial charge < -0.3 is 4.90 Å². The second kappa shape index (κ2) is 4.70. The smallest absolute Gasteiger partial charge is 0.240 e. The Balaban J connectivity index is 2.45. The van der Waals surface area contributed by atoms with Gasteiger partial charge in [0.25, 0.3) is 0 Å². The fourth-order valence-electron chi connectivity index (χ4n) is 1.98. The minimum atomic E-state index is 0.207. The van der Waals surface area contributed by atoms with E-state index in [0.29, 0.717) is 5.95 Å². The first-order valence-corrected chi connectivity index (χ1v) is 6.72.